The van der Waals surface area contributed by atoms with Gasteiger partial charge in [-0.15, -0.1) is 11.6 Å². The van der Waals surface area contributed by atoms with Gasteiger partial charge in [0.25, 0.3) is 0 Å². The highest BCUT2D eigenvalue weighted by atomic mass is 35.5. The molecule has 0 spiro atoms. The zero-order chi connectivity index (χ0) is 12.3. The Morgan fingerprint density at radius 1 is 1.47 bits per heavy atom. The topological polar surface area (TPSA) is 24.5 Å². The van der Waals surface area contributed by atoms with Crippen LogP contribution < -0.4 is 5.32 Å². The number of hydrogen-bond donors (Lipinski definition) is 1. The third kappa shape index (κ3) is 3.34. The minimum Gasteiger partial charge on any atom is -0.374 e. The Bertz CT molecular complexity index is 238. The molecule has 0 aromatic carbocycles. The number of ether oxygens (including phenoxy) is 1. The van der Waals surface area contributed by atoms with Gasteiger partial charge >= 0.3 is 0 Å². The molecule has 3 nitrogen and oxygen atoms in total. The molecule has 0 amide bonds. The quantitative estimate of drug-likeness (QED) is 0.764. The fraction of sp³-hybridized carbons (Fsp3) is 1.00. The molecular formula is C13H25ClN2O. The van der Waals surface area contributed by atoms with Gasteiger partial charge in [0, 0.05) is 37.1 Å². The van der Waals surface area contributed by atoms with Gasteiger partial charge in [-0.25, -0.2) is 0 Å². The number of nitrogens with one attached hydrogen (secondary N) is 1. The standard InChI is InChI=1S/C13H25ClN2O/c1-11(2)16-6-7-17-12(9-16)8-15-13(10-14)4-3-5-13/h11-12,15H,3-10H2,1-2H3. The van der Waals surface area contributed by atoms with Gasteiger partial charge in [-0.3, -0.25) is 4.90 Å². The molecule has 1 unspecified atom stereocenters. The van der Waals surface area contributed by atoms with Crippen LogP contribution >= 0.6 is 11.6 Å². The van der Waals surface area contributed by atoms with Crippen molar-refractivity contribution in [3.63, 3.8) is 0 Å². The van der Waals surface area contributed by atoms with Gasteiger partial charge in [0.2, 0.25) is 0 Å². The van der Waals surface area contributed by atoms with Gasteiger partial charge in [0.15, 0.2) is 0 Å². The van der Waals surface area contributed by atoms with Crippen molar-refractivity contribution in [1.29, 1.82) is 0 Å². The van der Waals surface area contributed by atoms with E-state index in [1.807, 2.05) is 0 Å². The maximum Gasteiger partial charge on any atom is 0.0827 e. The number of hydrogen-bond acceptors (Lipinski definition) is 3. The molecule has 0 bridgehead atoms. The fourth-order valence-electron chi connectivity index (χ4n) is 2.63. The van der Waals surface area contributed by atoms with Gasteiger partial charge in [-0.2, -0.15) is 0 Å². The molecule has 1 aliphatic carbocycles. The summed E-state index contributed by atoms with van der Waals surface area (Å²) in [5.41, 5.74) is 0.213. The van der Waals surface area contributed by atoms with Crippen LogP contribution in [0.3, 0.4) is 0 Å². The number of rotatable bonds is 5. The van der Waals surface area contributed by atoms with Crippen LogP contribution in [0.2, 0.25) is 0 Å². The average Bonchev–Trinajstić information content (AvgIpc) is 2.28. The van der Waals surface area contributed by atoms with Crippen molar-refractivity contribution >= 4 is 11.6 Å². The molecule has 1 N–H and O–H groups in total. The summed E-state index contributed by atoms with van der Waals surface area (Å²) in [5.74, 6) is 0.730. The van der Waals surface area contributed by atoms with E-state index in [1.165, 1.54) is 19.3 Å². The predicted molar refractivity (Wildman–Crippen MR) is 71.8 cm³/mol. The summed E-state index contributed by atoms with van der Waals surface area (Å²) in [4.78, 5) is 2.49. The highest BCUT2D eigenvalue weighted by molar-refractivity contribution is 6.18. The largest absolute Gasteiger partial charge is 0.374 e. The van der Waals surface area contributed by atoms with Gasteiger partial charge in [0.05, 0.1) is 12.7 Å². The first-order valence-corrected chi connectivity index (χ1v) is 7.35. The summed E-state index contributed by atoms with van der Waals surface area (Å²) < 4.78 is 5.82. The first-order chi connectivity index (χ1) is 8.15. The van der Waals surface area contributed by atoms with Crippen LogP contribution in [0.5, 0.6) is 0 Å². The van der Waals surface area contributed by atoms with Crippen molar-refractivity contribution in [2.45, 2.75) is 50.8 Å². The maximum atomic E-state index is 6.04. The summed E-state index contributed by atoms with van der Waals surface area (Å²) in [5, 5.41) is 3.63. The molecular weight excluding hydrogens is 236 g/mol. The third-order valence-electron chi connectivity index (χ3n) is 4.17. The van der Waals surface area contributed by atoms with Crippen molar-refractivity contribution < 1.29 is 4.74 Å². The molecule has 1 saturated carbocycles. The van der Waals surface area contributed by atoms with Crippen molar-refractivity contribution in [3.05, 3.63) is 0 Å². The molecule has 1 heterocycles. The van der Waals surface area contributed by atoms with Crippen molar-refractivity contribution in [3.8, 4) is 0 Å². The van der Waals surface area contributed by atoms with Crippen LogP contribution in [0.15, 0.2) is 0 Å². The molecule has 17 heavy (non-hydrogen) atoms. The van der Waals surface area contributed by atoms with Crippen molar-refractivity contribution in [1.82, 2.24) is 10.2 Å². The molecule has 2 rings (SSSR count). The highest BCUT2D eigenvalue weighted by Gasteiger charge is 2.36. The second-order valence-electron chi connectivity index (χ2n) is 5.73. The van der Waals surface area contributed by atoms with E-state index in [2.05, 4.69) is 24.1 Å². The van der Waals surface area contributed by atoms with E-state index in [-0.39, 0.29) is 5.54 Å². The lowest BCUT2D eigenvalue weighted by molar-refractivity contribution is -0.0416. The van der Waals surface area contributed by atoms with Crippen LogP contribution in [-0.2, 0) is 4.74 Å². The first-order valence-electron chi connectivity index (χ1n) is 6.82. The SMILES string of the molecule is CC(C)N1CCOC(CNC2(CCl)CCC2)C1. The molecule has 1 saturated heterocycles. The van der Waals surface area contributed by atoms with E-state index < -0.39 is 0 Å². The van der Waals surface area contributed by atoms with E-state index in [9.17, 15) is 0 Å². The molecule has 2 fully saturated rings. The Morgan fingerprint density at radius 3 is 2.76 bits per heavy atom. The van der Waals surface area contributed by atoms with Crippen LogP contribution in [0.1, 0.15) is 33.1 Å². The molecule has 0 radical (unpaired) electrons. The minimum atomic E-state index is 0.213. The van der Waals surface area contributed by atoms with Crippen LogP contribution in [0.25, 0.3) is 0 Å². The number of morpholine rings is 1. The zero-order valence-electron chi connectivity index (χ0n) is 11.0. The van der Waals surface area contributed by atoms with E-state index in [0.717, 1.165) is 32.1 Å². The average molecular weight is 261 g/mol. The first kappa shape index (κ1) is 13.6. The van der Waals surface area contributed by atoms with Crippen molar-refractivity contribution in [2.75, 3.05) is 32.1 Å². The lowest BCUT2D eigenvalue weighted by Gasteiger charge is -2.43. The van der Waals surface area contributed by atoms with E-state index in [4.69, 9.17) is 16.3 Å². The maximum absolute atomic E-state index is 6.04. The van der Waals surface area contributed by atoms with E-state index in [1.54, 1.807) is 0 Å². The second-order valence-corrected chi connectivity index (χ2v) is 6.00. The van der Waals surface area contributed by atoms with Crippen LogP contribution in [0, 0.1) is 0 Å². The van der Waals surface area contributed by atoms with Gasteiger partial charge in [-0.1, -0.05) is 0 Å². The summed E-state index contributed by atoms with van der Waals surface area (Å²) in [6, 6.07) is 0.618. The Balaban J connectivity index is 1.75. The molecule has 1 aliphatic heterocycles. The van der Waals surface area contributed by atoms with Crippen LogP contribution in [-0.4, -0.2) is 54.7 Å². The van der Waals surface area contributed by atoms with Gasteiger partial charge in [0.1, 0.15) is 0 Å². The summed E-state index contributed by atoms with van der Waals surface area (Å²) >= 11 is 6.04. The number of nitrogens with zero attached hydrogens (tertiary/aromatic N) is 1. The van der Waals surface area contributed by atoms with E-state index in [0.29, 0.717) is 12.1 Å². The summed E-state index contributed by atoms with van der Waals surface area (Å²) in [6.07, 6.45) is 4.07. The molecule has 0 aromatic heterocycles. The molecule has 0 aromatic rings. The third-order valence-corrected chi connectivity index (χ3v) is 4.68. The Kier molecular flexibility index (Phi) is 4.70. The Morgan fingerprint density at radius 2 is 2.24 bits per heavy atom. The summed E-state index contributed by atoms with van der Waals surface area (Å²) in [6.45, 7) is 8.41. The van der Waals surface area contributed by atoms with Crippen LogP contribution in [0.4, 0.5) is 0 Å². The lowest BCUT2D eigenvalue weighted by Crippen LogP contribution is -2.57. The molecule has 4 heteroatoms. The Labute approximate surface area is 110 Å². The summed E-state index contributed by atoms with van der Waals surface area (Å²) in [7, 11) is 0. The molecule has 100 valence electrons. The fourth-order valence-corrected chi connectivity index (χ4v) is 2.99. The smallest absolute Gasteiger partial charge is 0.0827 e. The molecule has 1 atom stereocenters. The highest BCUT2D eigenvalue weighted by Crippen LogP contribution is 2.32. The van der Waals surface area contributed by atoms with Gasteiger partial charge < -0.3 is 10.1 Å². The van der Waals surface area contributed by atoms with E-state index >= 15 is 0 Å². The zero-order valence-corrected chi connectivity index (χ0v) is 11.8. The number of halogens is 1. The second kappa shape index (κ2) is 5.87. The predicted octanol–water partition coefficient (Wildman–Crippen LogP) is 1.85. The Hall–Kier alpha value is 0.170. The van der Waals surface area contributed by atoms with Gasteiger partial charge in [-0.05, 0) is 33.1 Å². The van der Waals surface area contributed by atoms with Crippen molar-refractivity contribution in [2.24, 2.45) is 0 Å². The monoisotopic (exact) mass is 260 g/mol. The molecule has 2 aliphatic rings. The lowest BCUT2D eigenvalue weighted by atomic mass is 9.78. The normalized spacial score (nSPS) is 29.3. The minimum absolute atomic E-state index is 0.213. The number of alkyl halides is 1.